The van der Waals surface area contributed by atoms with E-state index in [-0.39, 0.29) is 11.0 Å². The van der Waals surface area contributed by atoms with Gasteiger partial charge in [0.15, 0.2) is 0 Å². The van der Waals surface area contributed by atoms with Crippen LogP contribution in [0.15, 0.2) is 0 Å². The number of aliphatic hydroxyl groups excluding tert-OH is 1. The molecule has 2 saturated carbocycles. The molecule has 3 fully saturated rings. The van der Waals surface area contributed by atoms with E-state index in [0.717, 1.165) is 18.3 Å². The lowest BCUT2D eigenvalue weighted by atomic mass is 9.78. The minimum Gasteiger partial charge on any atom is -0.396 e. The van der Waals surface area contributed by atoms with E-state index in [1.807, 2.05) is 0 Å². The lowest BCUT2D eigenvalue weighted by Crippen LogP contribution is -2.30. The Balaban J connectivity index is 1.61. The van der Waals surface area contributed by atoms with Gasteiger partial charge < -0.3 is 9.84 Å². The molecule has 0 aromatic carbocycles. The third kappa shape index (κ3) is 1.91. The van der Waals surface area contributed by atoms with E-state index in [9.17, 15) is 5.11 Å². The van der Waals surface area contributed by atoms with Crippen LogP contribution >= 0.6 is 0 Å². The zero-order valence-electron chi connectivity index (χ0n) is 10.5. The maximum atomic E-state index is 9.69. The summed E-state index contributed by atoms with van der Waals surface area (Å²) < 4.78 is 6.08. The molecule has 3 unspecified atom stereocenters. The highest BCUT2D eigenvalue weighted by Crippen LogP contribution is 2.61. The molecule has 0 aromatic rings. The minimum absolute atomic E-state index is 0.0723. The standard InChI is InChI=1S/C14H24O2/c1-13(2)4-3-12(16-13)8-14(9-15)6-10-5-11(10)7-14/h10-12,15H,3-9H2,1-2H3. The summed E-state index contributed by atoms with van der Waals surface area (Å²) >= 11 is 0. The van der Waals surface area contributed by atoms with E-state index in [1.54, 1.807) is 0 Å². The molecule has 0 aromatic heterocycles. The molecule has 0 bridgehead atoms. The van der Waals surface area contributed by atoms with E-state index in [4.69, 9.17) is 4.74 Å². The minimum atomic E-state index is 0.0723. The number of aliphatic hydroxyl groups is 1. The molecule has 2 aliphatic carbocycles. The molecule has 3 rings (SSSR count). The molecule has 1 saturated heterocycles. The molecule has 3 aliphatic rings. The van der Waals surface area contributed by atoms with Crippen molar-refractivity contribution in [3.8, 4) is 0 Å². The molecule has 3 atom stereocenters. The van der Waals surface area contributed by atoms with Gasteiger partial charge in [-0.2, -0.15) is 0 Å². The molecule has 0 spiro atoms. The topological polar surface area (TPSA) is 29.5 Å². The number of ether oxygens (including phenoxy) is 1. The van der Waals surface area contributed by atoms with E-state index in [0.29, 0.717) is 12.7 Å². The normalized spacial score (nSPS) is 49.3. The van der Waals surface area contributed by atoms with Gasteiger partial charge in [-0.1, -0.05) is 0 Å². The quantitative estimate of drug-likeness (QED) is 0.798. The maximum absolute atomic E-state index is 9.69. The summed E-state index contributed by atoms with van der Waals surface area (Å²) in [6.45, 7) is 4.75. The Morgan fingerprint density at radius 2 is 1.94 bits per heavy atom. The molecule has 2 heteroatoms. The Morgan fingerprint density at radius 3 is 2.44 bits per heavy atom. The van der Waals surface area contributed by atoms with Crippen molar-refractivity contribution in [3.05, 3.63) is 0 Å². The zero-order valence-corrected chi connectivity index (χ0v) is 10.5. The molecule has 1 aliphatic heterocycles. The average Bonchev–Trinajstić information content (AvgIpc) is 2.67. The molecular formula is C14H24O2. The first-order valence-electron chi connectivity index (χ1n) is 6.81. The summed E-state index contributed by atoms with van der Waals surface area (Å²) in [6, 6.07) is 0. The predicted octanol–water partition coefficient (Wildman–Crippen LogP) is 2.74. The van der Waals surface area contributed by atoms with Crippen LogP contribution in [0.3, 0.4) is 0 Å². The predicted molar refractivity (Wildman–Crippen MR) is 63.2 cm³/mol. The highest BCUT2D eigenvalue weighted by atomic mass is 16.5. The smallest absolute Gasteiger partial charge is 0.0631 e. The first-order valence-corrected chi connectivity index (χ1v) is 6.81. The van der Waals surface area contributed by atoms with Crippen molar-refractivity contribution >= 4 is 0 Å². The third-order valence-corrected chi connectivity index (χ3v) is 5.01. The second-order valence-electron chi connectivity index (χ2n) is 7.06. The van der Waals surface area contributed by atoms with Crippen LogP contribution in [0.5, 0.6) is 0 Å². The van der Waals surface area contributed by atoms with Crippen molar-refractivity contribution in [1.82, 2.24) is 0 Å². The van der Waals surface area contributed by atoms with E-state index >= 15 is 0 Å². The van der Waals surface area contributed by atoms with Crippen molar-refractivity contribution in [2.24, 2.45) is 17.3 Å². The monoisotopic (exact) mass is 224 g/mol. The van der Waals surface area contributed by atoms with Crippen molar-refractivity contribution in [2.45, 2.75) is 64.1 Å². The molecule has 0 amide bonds. The summed E-state index contributed by atoms with van der Waals surface area (Å²) in [6.07, 6.45) is 7.80. The summed E-state index contributed by atoms with van der Waals surface area (Å²) in [5, 5.41) is 9.69. The molecule has 0 radical (unpaired) electrons. The average molecular weight is 224 g/mol. The Morgan fingerprint density at radius 1 is 1.25 bits per heavy atom. The zero-order chi connectivity index (χ0) is 11.4. The van der Waals surface area contributed by atoms with Crippen LogP contribution in [-0.2, 0) is 4.74 Å². The first-order chi connectivity index (χ1) is 7.52. The molecule has 92 valence electrons. The SMILES string of the molecule is CC1(C)CCC(CC2(CO)CC3CC3C2)O1. The van der Waals surface area contributed by atoms with Crippen molar-refractivity contribution in [2.75, 3.05) is 6.61 Å². The van der Waals surface area contributed by atoms with Gasteiger partial charge in [0.05, 0.1) is 11.7 Å². The van der Waals surface area contributed by atoms with Gasteiger partial charge in [-0.25, -0.2) is 0 Å². The number of hydrogen-bond donors (Lipinski definition) is 1. The lowest BCUT2D eigenvalue weighted by Gasteiger charge is -2.32. The largest absolute Gasteiger partial charge is 0.396 e. The fourth-order valence-electron chi connectivity index (χ4n) is 4.07. The van der Waals surface area contributed by atoms with Crippen molar-refractivity contribution < 1.29 is 9.84 Å². The third-order valence-electron chi connectivity index (χ3n) is 5.01. The molecular weight excluding hydrogens is 200 g/mol. The van der Waals surface area contributed by atoms with Gasteiger partial charge in [-0.15, -0.1) is 0 Å². The van der Waals surface area contributed by atoms with Crippen LogP contribution in [0.2, 0.25) is 0 Å². The number of fused-ring (bicyclic) bond motifs is 1. The Kier molecular flexibility index (Phi) is 2.38. The fraction of sp³-hybridized carbons (Fsp3) is 1.00. The van der Waals surface area contributed by atoms with Crippen LogP contribution in [0.25, 0.3) is 0 Å². The van der Waals surface area contributed by atoms with Crippen LogP contribution in [-0.4, -0.2) is 23.4 Å². The van der Waals surface area contributed by atoms with Crippen LogP contribution in [0.1, 0.15) is 52.4 Å². The van der Waals surface area contributed by atoms with Gasteiger partial charge in [0.1, 0.15) is 0 Å². The van der Waals surface area contributed by atoms with E-state index < -0.39 is 0 Å². The lowest BCUT2D eigenvalue weighted by molar-refractivity contribution is -0.0450. The van der Waals surface area contributed by atoms with Gasteiger partial charge in [0.25, 0.3) is 0 Å². The molecule has 1 N–H and O–H groups in total. The first kappa shape index (κ1) is 11.0. The van der Waals surface area contributed by atoms with Crippen LogP contribution < -0.4 is 0 Å². The highest BCUT2D eigenvalue weighted by Gasteiger charge is 2.54. The maximum Gasteiger partial charge on any atom is 0.0631 e. The Bertz CT molecular complexity index is 274. The molecule has 2 nitrogen and oxygen atoms in total. The highest BCUT2D eigenvalue weighted by molar-refractivity contribution is 5.04. The van der Waals surface area contributed by atoms with E-state index in [2.05, 4.69) is 13.8 Å². The van der Waals surface area contributed by atoms with Gasteiger partial charge in [0.2, 0.25) is 0 Å². The van der Waals surface area contributed by atoms with Crippen LogP contribution in [0.4, 0.5) is 0 Å². The van der Waals surface area contributed by atoms with Gasteiger partial charge in [-0.05, 0) is 69.6 Å². The molecule has 1 heterocycles. The van der Waals surface area contributed by atoms with Gasteiger partial charge >= 0.3 is 0 Å². The Labute approximate surface area is 98.4 Å². The fourth-order valence-corrected chi connectivity index (χ4v) is 4.07. The number of rotatable bonds is 3. The van der Waals surface area contributed by atoms with E-state index in [1.165, 1.54) is 32.1 Å². The summed E-state index contributed by atoms with van der Waals surface area (Å²) in [5.41, 5.74) is 0.293. The van der Waals surface area contributed by atoms with Gasteiger partial charge in [0, 0.05) is 6.61 Å². The number of hydrogen-bond acceptors (Lipinski definition) is 2. The van der Waals surface area contributed by atoms with Crippen molar-refractivity contribution in [3.63, 3.8) is 0 Å². The van der Waals surface area contributed by atoms with Crippen LogP contribution in [0, 0.1) is 17.3 Å². The summed E-state index contributed by atoms with van der Waals surface area (Å²) in [4.78, 5) is 0. The Hall–Kier alpha value is -0.0800. The molecule has 16 heavy (non-hydrogen) atoms. The second-order valence-corrected chi connectivity index (χ2v) is 7.06. The van der Waals surface area contributed by atoms with Gasteiger partial charge in [-0.3, -0.25) is 0 Å². The summed E-state index contributed by atoms with van der Waals surface area (Å²) in [5.74, 6) is 1.89. The van der Waals surface area contributed by atoms with Crippen molar-refractivity contribution in [1.29, 1.82) is 0 Å². The second kappa shape index (κ2) is 3.46. The summed E-state index contributed by atoms with van der Waals surface area (Å²) in [7, 11) is 0.